The third kappa shape index (κ3) is 4.77. The van der Waals surface area contributed by atoms with E-state index in [-0.39, 0.29) is 6.10 Å². The first-order valence-corrected chi connectivity index (χ1v) is 10.7. The van der Waals surface area contributed by atoms with Crippen molar-refractivity contribution in [1.29, 1.82) is 0 Å². The summed E-state index contributed by atoms with van der Waals surface area (Å²) in [5.41, 5.74) is 5.65. The van der Waals surface area contributed by atoms with Crippen molar-refractivity contribution in [3.63, 3.8) is 0 Å². The second-order valence-electron chi connectivity index (χ2n) is 8.18. The third-order valence-electron chi connectivity index (χ3n) is 5.12. The molecule has 2 aromatic carbocycles. The van der Waals surface area contributed by atoms with E-state index in [9.17, 15) is 0 Å². The minimum atomic E-state index is 0.0274. The summed E-state index contributed by atoms with van der Waals surface area (Å²) in [5.74, 6) is 1.38. The van der Waals surface area contributed by atoms with Gasteiger partial charge in [0.1, 0.15) is 11.4 Å². The normalized spacial score (nSPS) is 11.0. The molecule has 2 heterocycles. The largest absolute Gasteiger partial charge is 0.490 e. The molecule has 0 N–H and O–H groups in total. The smallest absolute Gasteiger partial charge is 0.268 e. The monoisotopic (exact) mass is 441 g/mol. The molecular formula is C26H27N5O2. The number of nitrogens with zero attached hydrogens (tertiary/aromatic N) is 5. The Kier molecular flexibility index (Phi) is 6.22. The van der Waals surface area contributed by atoms with E-state index in [1.54, 1.807) is 6.20 Å². The highest BCUT2D eigenvalue weighted by atomic mass is 16.5. The molecule has 0 saturated carbocycles. The van der Waals surface area contributed by atoms with Gasteiger partial charge in [-0.1, -0.05) is 43.0 Å². The molecule has 0 fully saturated rings. The van der Waals surface area contributed by atoms with Gasteiger partial charge in [0.25, 0.3) is 11.8 Å². The Morgan fingerprint density at radius 1 is 1.00 bits per heavy atom. The topological polar surface area (TPSA) is 77.2 Å². The molecule has 7 heteroatoms. The lowest BCUT2D eigenvalue weighted by atomic mass is 10.1. The van der Waals surface area contributed by atoms with Gasteiger partial charge in [-0.3, -0.25) is 4.98 Å². The number of aryl methyl sites for hydroxylation is 1. The molecule has 0 aliphatic carbocycles. The number of hydrogen-bond acceptors (Lipinski definition) is 7. The fourth-order valence-corrected chi connectivity index (χ4v) is 3.31. The van der Waals surface area contributed by atoms with Gasteiger partial charge in [0.2, 0.25) is 0 Å². The Bertz CT molecular complexity index is 1280. The minimum absolute atomic E-state index is 0.0274. The minimum Gasteiger partial charge on any atom is -0.490 e. The first-order valence-electron chi connectivity index (χ1n) is 10.7. The van der Waals surface area contributed by atoms with Crippen LogP contribution in [0.5, 0.6) is 5.75 Å². The van der Waals surface area contributed by atoms with Gasteiger partial charge in [0, 0.05) is 25.4 Å². The molecule has 0 aliphatic rings. The Labute approximate surface area is 193 Å². The summed E-state index contributed by atoms with van der Waals surface area (Å²) < 4.78 is 11.9. The maximum absolute atomic E-state index is 6.00. The second-order valence-corrected chi connectivity index (χ2v) is 8.18. The van der Waals surface area contributed by atoms with Gasteiger partial charge >= 0.3 is 0 Å². The molecule has 0 saturated heterocycles. The summed E-state index contributed by atoms with van der Waals surface area (Å²) in [6, 6.07) is 15.7. The van der Waals surface area contributed by atoms with Crippen molar-refractivity contribution >= 4 is 5.70 Å². The van der Waals surface area contributed by atoms with E-state index >= 15 is 0 Å². The van der Waals surface area contributed by atoms with Crippen molar-refractivity contribution < 1.29 is 9.15 Å². The highest BCUT2D eigenvalue weighted by Crippen LogP contribution is 2.32. The zero-order chi connectivity index (χ0) is 23.5. The predicted octanol–water partition coefficient (Wildman–Crippen LogP) is 5.49. The molecule has 0 aliphatic heterocycles. The number of hydrogen-bond donors (Lipinski definition) is 0. The first-order chi connectivity index (χ1) is 15.8. The summed E-state index contributed by atoms with van der Waals surface area (Å²) in [5, 5.41) is 8.49. The van der Waals surface area contributed by atoms with Gasteiger partial charge < -0.3 is 14.1 Å². The van der Waals surface area contributed by atoms with Crippen LogP contribution in [0.25, 0.3) is 40.0 Å². The number of para-hydroxylation sites is 1. The van der Waals surface area contributed by atoms with Crippen LogP contribution in [-0.2, 0) is 0 Å². The van der Waals surface area contributed by atoms with E-state index < -0.39 is 0 Å². The number of benzene rings is 2. The summed E-state index contributed by atoms with van der Waals surface area (Å²) in [7, 11) is 3.94. The van der Waals surface area contributed by atoms with Crippen LogP contribution in [0.4, 0.5) is 0 Å². The molecule has 0 atom stereocenters. The maximum atomic E-state index is 6.00. The number of ether oxygens (including phenoxy) is 1. The summed E-state index contributed by atoms with van der Waals surface area (Å²) >= 11 is 0. The van der Waals surface area contributed by atoms with Crippen LogP contribution in [0.1, 0.15) is 25.1 Å². The third-order valence-corrected chi connectivity index (χ3v) is 5.12. The first kappa shape index (κ1) is 22.2. The molecule has 0 spiro atoms. The Hall–Kier alpha value is -4.00. The Balaban J connectivity index is 1.66. The summed E-state index contributed by atoms with van der Waals surface area (Å²) in [4.78, 5) is 11.3. The second kappa shape index (κ2) is 9.24. The predicted molar refractivity (Wildman–Crippen MR) is 129 cm³/mol. The molecule has 0 unspecified atom stereocenters. The van der Waals surface area contributed by atoms with E-state index in [0.29, 0.717) is 28.9 Å². The summed E-state index contributed by atoms with van der Waals surface area (Å²) in [6.07, 6.45) is 1.78. The standard InChI is InChI=1S/C26H27N5O2/c1-16(2)32-23-10-8-7-9-21(23)25-29-30-26(33-25)24-17(3)27-15-22(28-24)20-13-11-19(12-14-20)18(4)31(5)6/h7-16H,4H2,1-3,5-6H3. The molecular weight excluding hydrogens is 414 g/mol. The molecule has 0 amide bonds. The molecule has 0 bridgehead atoms. The van der Waals surface area contributed by atoms with Gasteiger partial charge in [-0.2, -0.15) is 0 Å². The molecule has 33 heavy (non-hydrogen) atoms. The van der Waals surface area contributed by atoms with Crippen LogP contribution in [0, 0.1) is 6.92 Å². The molecule has 7 nitrogen and oxygen atoms in total. The van der Waals surface area contributed by atoms with Gasteiger partial charge in [-0.05, 0) is 38.5 Å². The van der Waals surface area contributed by atoms with Gasteiger partial charge in [-0.25, -0.2) is 4.98 Å². The van der Waals surface area contributed by atoms with Gasteiger partial charge in [0.15, 0.2) is 0 Å². The van der Waals surface area contributed by atoms with Gasteiger partial charge in [-0.15, -0.1) is 10.2 Å². The quantitative estimate of drug-likeness (QED) is 0.375. The van der Waals surface area contributed by atoms with E-state index in [4.69, 9.17) is 14.1 Å². The molecule has 2 aromatic heterocycles. The molecule has 4 aromatic rings. The maximum Gasteiger partial charge on any atom is 0.268 e. The van der Waals surface area contributed by atoms with Crippen molar-refractivity contribution in [1.82, 2.24) is 25.1 Å². The Morgan fingerprint density at radius 2 is 1.70 bits per heavy atom. The highest BCUT2D eigenvalue weighted by Gasteiger charge is 2.18. The van der Waals surface area contributed by atoms with Crippen LogP contribution in [0.15, 0.2) is 65.7 Å². The lowest BCUT2D eigenvalue weighted by molar-refractivity contribution is 0.243. The van der Waals surface area contributed by atoms with Crippen LogP contribution >= 0.6 is 0 Å². The van der Waals surface area contributed by atoms with E-state index in [1.807, 2.05) is 88.3 Å². The van der Waals surface area contributed by atoms with Crippen molar-refractivity contribution in [3.8, 4) is 40.0 Å². The fraction of sp³-hybridized carbons (Fsp3) is 0.231. The lowest BCUT2D eigenvalue weighted by Gasteiger charge is -2.16. The van der Waals surface area contributed by atoms with Crippen molar-refractivity contribution in [2.24, 2.45) is 0 Å². The van der Waals surface area contributed by atoms with Crippen molar-refractivity contribution in [2.45, 2.75) is 26.9 Å². The number of aromatic nitrogens is 4. The average Bonchev–Trinajstić information content (AvgIpc) is 3.29. The van der Waals surface area contributed by atoms with E-state index in [1.165, 1.54) is 0 Å². The molecule has 4 rings (SSSR count). The zero-order valence-corrected chi connectivity index (χ0v) is 19.5. The molecule has 168 valence electrons. The van der Waals surface area contributed by atoms with E-state index in [2.05, 4.69) is 21.8 Å². The van der Waals surface area contributed by atoms with E-state index in [0.717, 1.165) is 28.1 Å². The summed E-state index contributed by atoms with van der Waals surface area (Å²) in [6.45, 7) is 9.92. The lowest BCUT2D eigenvalue weighted by Crippen LogP contribution is -2.08. The Morgan fingerprint density at radius 3 is 2.39 bits per heavy atom. The van der Waals surface area contributed by atoms with Crippen molar-refractivity contribution in [3.05, 3.63) is 72.6 Å². The highest BCUT2D eigenvalue weighted by molar-refractivity contribution is 5.68. The average molecular weight is 442 g/mol. The SMILES string of the molecule is C=C(c1ccc(-c2cnc(C)c(-c3nnc(-c4ccccc4OC(C)C)o3)n2)cc1)N(C)C. The van der Waals surface area contributed by atoms with Crippen LogP contribution in [-0.4, -0.2) is 45.3 Å². The van der Waals surface area contributed by atoms with Crippen LogP contribution < -0.4 is 4.74 Å². The number of rotatable bonds is 7. The van der Waals surface area contributed by atoms with Crippen LogP contribution in [0.3, 0.4) is 0 Å². The molecule has 0 radical (unpaired) electrons. The fourth-order valence-electron chi connectivity index (χ4n) is 3.31. The zero-order valence-electron chi connectivity index (χ0n) is 19.5. The van der Waals surface area contributed by atoms with Gasteiger partial charge in [0.05, 0.1) is 29.3 Å². The van der Waals surface area contributed by atoms with Crippen LogP contribution in [0.2, 0.25) is 0 Å². The van der Waals surface area contributed by atoms with Crippen molar-refractivity contribution in [2.75, 3.05) is 14.1 Å².